The maximum atomic E-state index is 10.0. The van der Waals surface area contributed by atoms with Crippen LogP contribution in [0.5, 0.6) is 0 Å². The number of aliphatic hydroxyl groups excluding tert-OH is 1. The van der Waals surface area contributed by atoms with E-state index >= 15 is 0 Å². The second-order valence-corrected chi connectivity index (χ2v) is 5.30. The van der Waals surface area contributed by atoms with E-state index in [4.69, 9.17) is 23.2 Å². The van der Waals surface area contributed by atoms with E-state index in [9.17, 15) is 5.11 Å². The van der Waals surface area contributed by atoms with Crippen LogP contribution in [0.4, 0.5) is 0 Å². The van der Waals surface area contributed by atoms with Gasteiger partial charge in [0.05, 0.1) is 6.10 Å². The number of halogens is 2. The molecule has 0 saturated carbocycles. The molecule has 0 bridgehead atoms. The fraction of sp³-hybridized carbons (Fsp3) is 0.267. The Morgan fingerprint density at radius 2 is 2.00 bits per heavy atom. The minimum atomic E-state index is -0.430. The Morgan fingerprint density at radius 1 is 1.16 bits per heavy atom. The van der Waals surface area contributed by atoms with Gasteiger partial charge in [-0.2, -0.15) is 0 Å². The molecule has 4 heteroatoms. The van der Waals surface area contributed by atoms with Gasteiger partial charge < -0.3 is 5.11 Å². The maximum absolute atomic E-state index is 10.0. The Bertz CT molecular complexity index is 531. The number of nitrogens with zero attached hydrogens (tertiary/aromatic N) is 1. The number of aliphatic hydroxyl groups is 1. The van der Waals surface area contributed by atoms with E-state index in [1.807, 2.05) is 24.3 Å². The summed E-state index contributed by atoms with van der Waals surface area (Å²) >= 11 is 11.9. The number of rotatable bonds is 5. The first-order valence-corrected chi connectivity index (χ1v) is 6.92. The molecule has 19 heavy (non-hydrogen) atoms. The first-order chi connectivity index (χ1) is 9.15. The van der Waals surface area contributed by atoms with Crippen LogP contribution >= 0.6 is 23.2 Å². The van der Waals surface area contributed by atoms with Crippen molar-refractivity contribution in [1.82, 2.24) is 4.98 Å². The molecule has 100 valence electrons. The number of benzene rings is 1. The van der Waals surface area contributed by atoms with Crippen molar-refractivity contribution in [2.75, 3.05) is 0 Å². The molecular weight excluding hydrogens is 281 g/mol. The van der Waals surface area contributed by atoms with E-state index in [0.717, 1.165) is 17.7 Å². The van der Waals surface area contributed by atoms with Gasteiger partial charge in [0, 0.05) is 21.9 Å². The van der Waals surface area contributed by atoms with Crippen LogP contribution in [-0.2, 0) is 12.8 Å². The minimum Gasteiger partial charge on any atom is -0.393 e. The summed E-state index contributed by atoms with van der Waals surface area (Å²) in [5.41, 5.74) is 1.91. The lowest BCUT2D eigenvalue weighted by Gasteiger charge is -2.11. The second-order valence-electron chi connectivity index (χ2n) is 4.45. The first kappa shape index (κ1) is 14.3. The fourth-order valence-corrected chi connectivity index (χ4v) is 2.39. The molecule has 0 spiro atoms. The van der Waals surface area contributed by atoms with Crippen molar-refractivity contribution < 1.29 is 5.11 Å². The number of pyridine rings is 1. The highest BCUT2D eigenvalue weighted by molar-refractivity contribution is 6.35. The summed E-state index contributed by atoms with van der Waals surface area (Å²) in [6, 6.07) is 11.1. The molecular formula is C15H15Cl2NO. The third kappa shape index (κ3) is 4.50. The molecule has 0 fully saturated rings. The largest absolute Gasteiger partial charge is 0.393 e. The van der Waals surface area contributed by atoms with Crippen molar-refractivity contribution in [3.8, 4) is 0 Å². The van der Waals surface area contributed by atoms with E-state index in [0.29, 0.717) is 22.9 Å². The van der Waals surface area contributed by atoms with Gasteiger partial charge in [-0.3, -0.25) is 4.98 Å². The SMILES string of the molecule is OC(CCc1ccccn1)Cc1ccc(Cl)cc1Cl. The van der Waals surface area contributed by atoms with Crippen LogP contribution in [0.1, 0.15) is 17.7 Å². The summed E-state index contributed by atoms with van der Waals surface area (Å²) < 4.78 is 0. The van der Waals surface area contributed by atoms with Crippen molar-refractivity contribution in [3.63, 3.8) is 0 Å². The van der Waals surface area contributed by atoms with Gasteiger partial charge in [0.1, 0.15) is 0 Å². The van der Waals surface area contributed by atoms with Crippen LogP contribution < -0.4 is 0 Å². The Kier molecular flexibility index (Phi) is 5.20. The molecule has 1 atom stereocenters. The van der Waals surface area contributed by atoms with Crippen LogP contribution in [0.25, 0.3) is 0 Å². The van der Waals surface area contributed by atoms with E-state index in [1.54, 1.807) is 18.3 Å². The molecule has 0 radical (unpaired) electrons. The summed E-state index contributed by atoms with van der Waals surface area (Å²) in [6.07, 6.45) is 3.28. The Hall–Kier alpha value is -1.09. The molecule has 0 aliphatic rings. The molecule has 2 nitrogen and oxygen atoms in total. The molecule has 0 saturated heterocycles. The van der Waals surface area contributed by atoms with E-state index in [1.165, 1.54) is 0 Å². The van der Waals surface area contributed by atoms with Gasteiger partial charge in [-0.1, -0.05) is 35.3 Å². The minimum absolute atomic E-state index is 0.430. The van der Waals surface area contributed by atoms with Crippen LogP contribution in [-0.4, -0.2) is 16.2 Å². The number of hydrogen-bond donors (Lipinski definition) is 1. The van der Waals surface area contributed by atoms with Crippen molar-refractivity contribution in [3.05, 3.63) is 63.9 Å². The van der Waals surface area contributed by atoms with Crippen LogP contribution in [0.2, 0.25) is 10.0 Å². The van der Waals surface area contributed by atoms with Crippen molar-refractivity contribution in [1.29, 1.82) is 0 Å². The second kappa shape index (κ2) is 6.90. The average molecular weight is 296 g/mol. The van der Waals surface area contributed by atoms with Crippen LogP contribution in [0.3, 0.4) is 0 Å². The highest BCUT2D eigenvalue weighted by atomic mass is 35.5. The molecule has 1 N–H and O–H groups in total. The predicted octanol–water partition coefficient (Wildman–Crippen LogP) is 3.92. The van der Waals surface area contributed by atoms with E-state index in [-0.39, 0.29) is 0 Å². The summed E-state index contributed by atoms with van der Waals surface area (Å²) in [7, 11) is 0. The highest BCUT2D eigenvalue weighted by Crippen LogP contribution is 2.22. The lowest BCUT2D eigenvalue weighted by atomic mass is 10.0. The molecule has 0 aliphatic heterocycles. The number of hydrogen-bond acceptors (Lipinski definition) is 2. The molecule has 1 heterocycles. The fourth-order valence-electron chi connectivity index (χ4n) is 1.90. The summed E-state index contributed by atoms with van der Waals surface area (Å²) in [5.74, 6) is 0. The van der Waals surface area contributed by atoms with Gasteiger partial charge in [0.25, 0.3) is 0 Å². The zero-order chi connectivity index (χ0) is 13.7. The zero-order valence-electron chi connectivity index (χ0n) is 10.4. The molecule has 1 unspecified atom stereocenters. The Balaban J connectivity index is 1.89. The van der Waals surface area contributed by atoms with Gasteiger partial charge in [-0.15, -0.1) is 0 Å². The molecule has 1 aromatic heterocycles. The van der Waals surface area contributed by atoms with Gasteiger partial charge in [0.15, 0.2) is 0 Å². The summed E-state index contributed by atoms with van der Waals surface area (Å²) in [5, 5.41) is 11.2. The average Bonchev–Trinajstić information content (AvgIpc) is 2.41. The number of aryl methyl sites for hydroxylation is 1. The third-order valence-electron chi connectivity index (χ3n) is 2.93. The Morgan fingerprint density at radius 3 is 2.68 bits per heavy atom. The topological polar surface area (TPSA) is 33.1 Å². The zero-order valence-corrected chi connectivity index (χ0v) is 11.9. The van der Waals surface area contributed by atoms with Crippen molar-refractivity contribution in [2.45, 2.75) is 25.4 Å². The molecule has 0 aliphatic carbocycles. The quantitative estimate of drug-likeness (QED) is 0.907. The van der Waals surface area contributed by atoms with Crippen molar-refractivity contribution in [2.24, 2.45) is 0 Å². The summed E-state index contributed by atoms with van der Waals surface area (Å²) in [4.78, 5) is 4.23. The maximum Gasteiger partial charge on any atom is 0.0584 e. The number of aromatic nitrogens is 1. The van der Waals surface area contributed by atoms with E-state index in [2.05, 4.69) is 4.98 Å². The monoisotopic (exact) mass is 295 g/mol. The van der Waals surface area contributed by atoms with Gasteiger partial charge in [-0.05, 0) is 49.1 Å². The lowest BCUT2D eigenvalue weighted by molar-refractivity contribution is 0.165. The molecule has 2 aromatic rings. The predicted molar refractivity (Wildman–Crippen MR) is 78.7 cm³/mol. The van der Waals surface area contributed by atoms with E-state index < -0.39 is 6.10 Å². The lowest BCUT2D eigenvalue weighted by Crippen LogP contribution is -2.12. The first-order valence-electron chi connectivity index (χ1n) is 6.17. The summed E-state index contributed by atoms with van der Waals surface area (Å²) in [6.45, 7) is 0. The van der Waals surface area contributed by atoms with Gasteiger partial charge in [0.2, 0.25) is 0 Å². The van der Waals surface area contributed by atoms with Gasteiger partial charge >= 0.3 is 0 Å². The third-order valence-corrected chi connectivity index (χ3v) is 3.52. The van der Waals surface area contributed by atoms with Crippen LogP contribution in [0, 0.1) is 0 Å². The van der Waals surface area contributed by atoms with Crippen LogP contribution in [0.15, 0.2) is 42.6 Å². The normalized spacial score (nSPS) is 12.4. The highest BCUT2D eigenvalue weighted by Gasteiger charge is 2.09. The standard InChI is InChI=1S/C15H15Cl2NO/c16-12-5-4-11(15(17)10-12)9-14(19)7-6-13-3-1-2-8-18-13/h1-5,8,10,14,19H,6-7,9H2. The van der Waals surface area contributed by atoms with Crippen molar-refractivity contribution >= 4 is 23.2 Å². The Labute approximate surface area is 123 Å². The molecule has 0 amide bonds. The molecule has 1 aromatic carbocycles. The van der Waals surface area contributed by atoms with Gasteiger partial charge in [-0.25, -0.2) is 0 Å². The molecule has 2 rings (SSSR count). The smallest absolute Gasteiger partial charge is 0.0584 e.